The van der Waals surface area contributed by atoms with E-state index in [-0.39, 0.29) is 23.3 Å². The van der Waals surface area contributed by atoms with Crippen molar-refractivity contribution in [2.45, 2.75) is 69.6 Å². The molecule has 2 aliphatic carbocycles. The molecule has 1 unspecified atom stereocenters. The van der Waals surface area contributed by atoms with Crippen LogP contribution in [0.1, 0.15) is 60.2 Å². The first-order valence-corrected chi connectivity index (χ1v) is 13.0. The maximum Gasteiger partial charge on any atom is 0.263 e. The van der Waals surface area contributed by atoms with Crippen molar-refractivity contribution in [1.82, 2.24) is 14.9 Å². The average Bonchev–Trinajstić information content (AvgIpc) is 3.16. The molecule has 0 aliphatic heterocycles. The molecule has 1 N–H and O–H groups in total. The molecule has 3 aromatic rings. The Labute approximate surface area is 190 Å². The number of thioether (sulfide) groups is 1. The van der Waals surface area contributed by atoms with E-state index < -0.39 is 0 Å². The van der Waals surface area contributed by atoms with E-state index in [0.29, 0.717) is 11.7 Å². The van der Waals surface area contributed by atoms with Crippen molar-refractivity contribution in [3.05, 3.63) is 56.2 Å². The van der Waals surface area contributed by atoms with Gasteiger partial charge in [0.2, 0.25) is 5.91 Å². The van der Waals surface area contributed by atoms with Crippen LogP contribution in [0.2, 0.25) is 0 Å². The minimum Gasteiger partial charge on any atom is -0.349 e. The fourth-order valence-electron chi connectivity index (χ4n) is 4.88. The molecule has 5 nitrogen and oxygen atoms in total. The molecule has 2 heterocycles. The minimum atomic E-state index is -0.00539. The molecule has 162 valence electrons. The standard InChI is InChI=1S/C24H27N3O2S2/c1-2-27-23(29)21-17-11-5-6-13-19(17)31-22(21)26-24(27)30-14-20(28)25-18-12-7-9-15-8-3-4-10-16(15)18/h3-4,8,10,18H,2,5-7,9,11-14H2,1H3,(H,25,28). The van der Waals surface area contributed by atoms with E-state index in [1.807, 2.05) is 13.0 Å². The Bertz CT molecular complexity index is 1200. The van der Waals surface area contributed by atoms with Crippen molar-refractivity contribution < 1.29 is 4.79 Å². The van der Waals surface area contributed by atoms with Crippen LogP contribution in [-0.2, 0) is 30.6 Å². The second-order valence-corrected chi connectivity index (χ2v) is 10.4. The third-order valence-corrected chi connectivity index (χ3v) is 8.56. The van der Waals surface area contributed by atoms with Gasteiger partial charge in [-0.3, -0.25) is 14.2 Å². The van der Waals surface area contributed by atoms with E-state index in [9.17, 15) is 9.59 Å². The Morgan fingerprint density at radius 2 is 2.06 bits per heavy atom. The lowest BCUT2D eigenvalue weighted by Gasteiger charge is -2.26. The molecule has 31 heavy (non-hydrogen) atoms. The predicted molar refractivity (Wildman–Crippen MR) is 127 cm³/mol. The van der Waals surface area contributed by atoms with Crippen LogP contribution >= 0.6 is 23.1 Å². The molecular formula is C24H27N3O2S2. The molecule has 0 bridgehead atoms. The number of thiophene rings is 1. The Morgan fingerprint density at radius 3 is 2.94 bits per heavy atom. The number of benzene rings is 1. The van der Waals surface area contributed by atoms with Crippen LogP contribution in [0.25, 0.3) is 10.2 Å². The van der Waals surface area contributed by atoms with Gasteiger partial charge in [-0.2, -0.15) is 0 Å². The maximum atomic E-state index is 13.2. The fraction of sp³-hybridized carbons (Fsp3) is 0.458. The van der Waals surface area contributed by atoms with Gasteiger partial charge in [0.05, 0.1) is 17.2 Å². The molecule has 5 rings (SSSR count). The summed E-state index contributed by atoms with van der Waals surface area (Å²) in [5.74, 6) is 0.260. The third-order valence-electron chi connectivity index (χ3n) is 6.39. The number of nitrogens with one attached hydrogen (secondary N) is 1. The highest BCUT2D eigenvalue weighted by Gasteiger charge is 2.24. The zero-order chi connectivity index (χ0) is 21.4. The number of aryl methyl sites for hydroxylation is 3. The van der Waals surface area contributed by atoms with Gasteiger partial charge in [0.15, 0.2) is 5.16 Å². The van der Waals surface area contributed by atoms with Crippen molar-refractivity contribution in [3.8, 4) is 0 Å². The highest BCUT2D eigenvalue weighted by atomic mass is 32.2. The van der Waals surface area contributed by atoms with Crippen molar-refractivity contribution in [3.63, 3.8) is 0 Å². The van der Waals surface area contributed by atoms with Gasteiger partial charge in [-0.1, -0.05) is 36.0 Å². The summed E-state index contributed by atoms with van der Waals surface area (Å²) in [5.41, 5.74) is 3.84. The van der Waals surface area contributed by atoms with E-state index in [4.69, 9.17) is 4.98 Å². The van der Waals surface area contributed by atoms with Gasteiger partial charge in [-0.05, 0) is 68.6 Å². The highest BCUT2D eigenvalue weighted by Crippen LogP contribution is 2.35. The van der Waals surface area contributed by atoms with E-state index in [1.54, 1.807) is 15.9 Å². The molecule has 0 fully saturated rings. The molecule has 1 amide bonds. The van der Waals surface area contributed by atoms with Crippen LogP contribution in [0.5, 0.6) is 0 Å². The van der Waals surface area contributed by atoms with Gasteiger partial charge >= 0.3 is 0 Å². The molecule has 1 atom stereocenters. The van der Waals surface area contributed by atoms with Crippen LogP contribution in [-0.4, -0.2) is 21.2 Å². The summed E-state index contributed by atoms with van der Waals surface area (Å²) in [6.45, 7) is 2.53. The zero-order valence-corrected chi connectivity index (χ0v) is 19.4. The number of rotatable bonds is 5. The topological polar surface area (TPSA) is 64.0 Å². The van der Waals surface area contributed by atoms with Crippen LogP contribution in [0.4, 0.5) is 0 Å². The Balaban J connectivity index is 1.35. The molecule has 7 heteroatoms. The van der Waals surface area contributed by atoms with Crippen molar-refractivity contribution >= 4 is 39.2 Å². The average molecular weight is 454 g/mol. The van der Waals surface area contributed by atoms with E-state index in [1.165, 1.54) is 39.8 Å². The number of hydrogen-bond acceptors (Lipinski definition) is 5. The molecule has 0 radical (unpaired) electrons. The molecule has 1 aromatic carbocycles. The molecule has 2 aliphatic rings. The van der Waals surface area contributed by atoms with Gasteiger partial charge in [0.1, 0.15) is 4.83 Å². The quantitative estimate of drug-likeness (QED) is 0.451. The van der Waals surface area contributed by atoms with E-state index in [0.717, 1.165) is 48.7 Å². The lowest BCUT2D eigenvalue weighted by molar-refractivity contribution is -0.119. The van der Waals surface area contributed by atoms with Gasteiger partial charge in [-0.25, -0.2) is 4.98 Å². The van der Waals surface area contributed by atoms with Crippen molar-refractivity contribution in [2.24, 2.45) is 0 Å². The summed E-state index contributed by atoms with van der Waals surface area (Å²) in [7, 11) is 0. The summed E-state index contributed by atoms with van der Waals surface area (Å²) in [6, 6.07) is 8.45. The Kier molecular flexibility index (Phi) is 5.89. The normalized spacial score (nSPS) is 17.9. The lowest BCUT2D eigenvalue weighted by Crippen LogP contribution is -2.32. The number of carbonyl (C=O) groups is 1. The van der Waals surface area contributed by atoms with E-state index in [2.05, 4.69) is 23.5 Å². The van der Waals surface area contributed by atoms with Gasteiger partial charge in [0, 0.05) is 11.4 Å². The fourth-order valence-corrected chi connectivity index (χ4v) is 7.06. The number of nitrogens with zero attached hydrogens (tertiary/aromatic N) is 2. The van der Waals surface area contributed by atoms with Crippen LogP contribution < -0.4 is 10.9 Å². The first-order valence-electron chi connectivity index (χ1n) is 11.2. The lowest BCUT2D eigenvalue weighted by atomic mass is 9.88. The van der Waals surface area contributed by atoms with Crippen molar-refractivity contribution in [2.75, 3.05) is 5.75 Å². The molecule has 0 saturated carbocycles. The number of fused-ring (bicyclic) bond motifs is 4. The number of carbonyl (C=O) groups excluding carboxylic acids is 1. The summed E-state index contributed by atoms with van der Waals surface area (Å²) in [5, 5.41) is 4.67. The Morgan fingerprint density at radius 1 is 1.23 bits per heavy atom. The summed E-state index contributed by atoms with van der Waals surface area (Å²) >= 11 is 3.03. The summed E-state index contributed by atoms with van der Waals surface area (Å²) in [4.78, 5) is 33.0. The number of hydrogen-bond donors (Lipinski definition) is 1. The largest absolute Gasteiger partial charge is 0.349 e. The first kappa shape index (κ1) is 20.8. The van der Waals surface area contributed by atoms with Crippen LogP contribution in [0.3, 0.4) is 0 Å². The monoisotopic (exact) mass is 453 g/mol. The third kappa shape index (κ3) is 3.94. The molecular weight excluding hydrogens is 426 g/mol. The van der Waals surface area contributed by atoms with Gasteiger partial charge in [0.25, 0.3) is 5.56 Å². The van der Waals surface area contributed by atoms with E-state index >= 15 is 0 Å². The van der Waals surface area contributed by atoms with Gasteiger partial charge < -0.3 is 5.32 Å². The van der Waals surface area contributed by atoms with Crippen LogP contribution in [0.15, 0.2) is 34.2 Å². The molecule has 2 aromatic heterocycles. The number of amides is 1. The highest BCUT2D eigenvalue weighted by molar-refractivity contribution is 7.99. The smallest absolute Gasteiger partial charge is 0.263 e. The summed E-state index contributed by atoms with van der Waals surface area (Å²) < 4.78 is 1.73. The SMILES string of the molecule is CCn1c(SCC(=O)NC2CCCc3ccccc32)nc2sc3c(c2c1=O)CCCC3. The maximum absolute atomic E-state index is 13.2. The number of aromatic nitrogens is 2. The molecule has 0 spiro atoms. The molecule has 0 saturated heterocycles. The first-order chi connectivity index (χ1) is 15.2. The zero-order valence-electron chi connectivity index (χ0n) is 17.8. The van der Waals surface area contributed by atoms with Crippen LogP contribution in [0, 0.1) is 0 Å². The Hall–Kier alpha value is -2.12. The minimum absolute atomic E-state index is 0.00539. The second-order valence-electron chi connectivity index (χ2n) is 8.33. The summed E-state index contributed by atoms with van der Waals surface area (Å²) in [6.07, 6.45) is 7.50. The predicted octanol–water partition coefficient (Wildman–Crippen LogP) is 4.64. The second kappa shape index (κ2) is 8.79. The van der Waals surface area contributed by atoms with Gasteiger partial charge in [-0.15, -0.1) is 11.3 Å². The van der Waals surface area contributed by atoms with Crippen molar-refractivity contribution in [1.29, 1.82) is 0 Å².